The van der Waals surface area contributed by atoms with Crippen LogP contribution in [-0.2, 0) is 15.8 Å². The van der Waals surface area contributed by atoms with Gasteiger partial charge in [-0.05, 0) is 79.9 Å². The number of ether oxygens (including phenoxy) is 2. The Hall–Kier alpha value is -4.01. The van der Waals surface area contributed by atoms with E-state index in [0.717, 1.165) is 12.1 Å². The molecule has 0 radical (unpaired) electrons. The number of carboxylic acid groups (broad SMARTS) is 1. The molecule has 3 aromatic carbocycles. The Kier molecular flexibility index (Phi) is 7.38. The lowest BCUT2D eigenvalue weighted by Gasteiger charge is -2.23. The Bertz CT molecular complexity index is 1220. The van der Waals surface area contributed by atoms with E-state index in [-0.39, 0.29) is 6.61 Å². The summed E-state index contributed by atoms with van der Waals surface area (Å²) in [5.41, 5.74) is -0.0359. The average molecular weight is 487 g/mol. The number of hydrogen-bond donors (Lipinski definition) is 2. The van der Waals surface area contributed by atoms with E-state index in [9.17, 15) is 27.9 Å². The second-order valence-corrected chi connectivity index (χ2v) is 8.34. The number of carbonyl (C=O) groups is 2. The van der Waals surface area contributed by atoms with Crippen molar-refractivity contribution >= 4 is 17.6 Å². The predicted octanol–water partition coefficient (Wildman–Crippen LogP) is 5.94. The van der Waals surface area contributed by atoms with Gasteiger partial charge in [-0.15, -0.1) is 0 Å². The minimum atomic E-state index is -4.43. The molecule has 0 bridgehead atoms. The molecule has 0 heterocycles. The quantitative estimate of drug-likeness (QED) is 0.411. The number of rotatable bonds is 8. The van der Waals surface area contributed by atoms with Crippen molar-refractivity contribution in [3.05, 3.63) is 77.9 Å². The van der Waals surface area contributed by atoms with Gasteiger partial charge < -0.3 is 19.9 Å². The molecule has 9 heteroatoms. The summed E-state index contributed by atoms with van der Waals surface area (Å²) in [6.07, 6.45) is -4.43. The molecule has 3 rings (SSSR count). The largest absolute Gasteiger partial charge is 0.484 e. The molecule has 0 saturated carbocycles. The molecule has 0 saturated heterocycles. The van der Waals surface area contributed by atoms with E-state index in [2.05, 4.69) is 5.32 Å². The van der Waals surface area contributed by atoms with Crippen LogP contribution in [0.1, 0.15) is 25.0 Å². The van der Waals surface area contributed by atoms with Crippen molar-refractivity contribution in [1.82, 2.24) is 0 Å². The first-order chi connectivity index (χ1) is 16.3. The molecule has 6 nitrogen and oxygen atoms in total. The molecular weight excluding hydrogens is 463 g/mol. The topological polar surface area (TPSA) is 84.9 Å². The first-order valence-corrected chi connectivity index (χ1v) is 10.6. The van der Waals surface area contributed by atoms with Crippen LogP contribution < -0.4 is 14.8 Å². The minimum Gasteiger partial charge on any atom is -0.484 e. The zero-order valence-electron chi connectivity index (χ0n) is 19.3. The molecule has 0 fully saturated rings. The summed E-state index contributed by atoms with van der Waals surface area (Å²) in [5, 5.41) is 11.9. The van der Waals surface area contributed by atoms with E-state index in [1.165, 1.54) is 19.9 Å². The Morgan fingerprint density at radius 2 is 1.63 bits per heavy atom. The molecule has 0 aromatic heterocycles. The number of hydrogen-bond acceptors (Lipinski definition) is 4. The van der Waals surface area contributed by atoms with E-state index in [1.54, 1.807) is 55.5 Å². The number of anilines is 1. The molecular formula is C26H24F3NO5. The van der Waals surface area contributed by atoms with Crippen molar-refractivity contribution in [2.24, 2.45) is 0 Å². The van der Waals surface area contributed by atoms with Gasteiger partial charge in [-0.2, -0.15) is 13.2 Å². The first-order valence-electron chi connectivity index (χ1n) is 10.6. The summed E-state index contributed by atoms with van der Waals surface area (Å²) in [5.74, 6) is -0.744. The van der Waals surface area contributed by atoms with Gasteiger partial charge in [0.15, 0.2) is 12.2 Å². The van der Waals surface area contributed by atoms with Crippen LogP contribution in [0, 0.1) is 6.92 Å². The number of benzene rings is 3. The highest BCUT2D eigenvalue weighted by Crippen LogP contribution is 2.32. The van der Waals surface area contributed by atoms with Crippen molar-refractivity contribution in [1.29, 1.82) is 0 Å². The third-order valence-electron chi connectivity index (χ3n) is 5.09. The molecule has 3 aromatic rings. The number of carbonyl (C=O) groups excluding carboxylic acids is 1. The fraction of sp³-hybridized carbons (Fsp3) is 0.231. The molecule has 0 spiro atoms. The Labute approximate surface area is 200 Å². The Morgan fingerprint density at radius 3 is 2.23 bits per heavy atom. The normalized spacial score (nSPS) is 11.6. The number of aliphatic carboxylic acids is 1. The van der Waals surface area contributed by atoms with Crippen molar-refractivity contribution < 1.29 is 37.3 Å². The van der Waals surface area contributed by atoms with Gasteiger partial charge in [0.2, 0.25) is 0 Å². The maximum atomic E-state index is 12.9. The van der Waals surface area contributed by atoms with Crippen LogP contribution in [0.25, 0.3) is 11.1 Å². The third kappa shape index (κ3) is 6.75. The fourth-order valence-corrected chi connectivity index (χ4v) is 3.11. The minimum absolute atomic E-state index is 0.282. The van der Waals surface area contributed by atoms with Crippen LogP contribution in [0.2, 0.25) is 0 Å². The van der Waals surface area contributed by atoms with E-state index < -0.39 is 29.2 Å². The number of alkyl halides is 3. The SMILES string of the molecule is Cc1cc(OCC(=O)Nc2ccc(-c3cccc(C(F)(F)F)c3)cc2)ccc1OC(C)(C)C(=O)O. The smallest absolute Gasteiger partial charge is 0.416 e. The second-order valence-electron chi connectivity index (χ2n) is 8.34. The van der Waals surface area contributed by atoms with Gasteiger partial charge in [-0.3, -0.25) is 4.79 Å². The van der Waals surface area contributed by atoms with Gasteiger partial charge in [-0.25, -0.2) is 4.79 Å². The molecule has 0 unspecified atom stereocenters. The summed E-state index contributed by atoms with van der Waals surface area (Å²) in [6.45, 7) is 4.33. The van der Waals surface area contributed by atoms with Crippen molar-refractivity contribution in [2.75, 3.05) is 11.9 Å². The lowest BCUT2D eigenvalue weighted by molar-refractivity contribution is -0.152. The molecule has 184 valence electrons. The van der Waals surface area contributed by atoms with Gasteiger partial charge in [-0.1, -0.05) is 24.3 Å². The Balaban J connectivity index is 1.58. The number of carboxylic acids is 1. The molecule has 0 aliphatic heterocycles. The van der Waals surface area contributed by atoms with Crippen molar-refractivity contribution in [2.45, 2.75) is 32.5 Å². The van der Waals surface area contributed by atoms with E-state index in [0.29, 0.717) is 33.9 Å². The van der Waals surface area contributed by atoms with Crippen LogP contribution in [0.5, 0.6) is 11.5 Å². The van der Waals surface area contributed by atoms with E-state index in [4.69, 9.17) is 9.47 Å². The van der Waals surface area contributed by atoms with Crippen molar-refractivity contribution in [3.8, 4) is 22.6 Å². The van der Waals surface area contributed by atoms with Crippen LogP contribution >= 0.6 is 0 Å². The van der Waals surface area contributed by atoms with Gasteiger partial charge in [0.25, 0.3) is 5.91 Å². The fourth-order valence-electron chi connectivity index (χ4n) is 3.11. The first kappa shape index (κ1) is 25.6. The third-order valence-corrected chi connectivity index (χ3v) is 5.09. The maximum absolute atomic E-state index is 12.9. The van der Waals surface area contributed by atoms with Crippen LogP contribution in [0.4, 0.5) is 18.9 Å². The summed E-state index contributed by atoms with van der Waals surface area (Å²) >= 11 is 0. The van der Waals surface area contributed by atoms with Gasteiger partial charge >= 0.3 is 12.1 Å². The monoisotopic (exact) mass is 487 g/mol. The molecule has 0 aliphatic rings. The highest BCUT2D eigenvalue weighted by Gasteiger charge is 2.31. The molecule has 0 aliphatic carbocycles. The molecule has 0 atom stereocenters. The average Bonchev–Trinajstić information content (AvgIpc) is 2.79. The Morgan fingerprint density at radius 1 is 0.943 bits per heavy atom. The predicted molar refractivity (Wildman–Crippen MR) is 125 cm³/mol. The number of nitrogens with one attached hydrogen (secondary N) is 1. The van der Waals surface area contributed by atoms with Gasteiger partial charge in [0.1, 0.15) is 11.5 Å². The summed E-state index contributed by atoms with van der Waals surface area (Å²) in [4.78, 5) is 23.5. The number of amides is 1. The van der Waals surface area contributed by atoms with E-state index >= 15 is 0 Å². The van der Waals surface area contributed by atoms with Crippen LogP contribution in [-0.4, -0.2) is 29.2 Å². The summed E-state index contributed by atoms with van der Waals surface area (Å²) in [6, 6.07) is 16.2. The zero-order chi connectivity index (χ0) is 25.8. The number of aryl methyl sites for hydroxylation is 1. The standard InChI is InChI=1S/C26H24F3NO5/c1-16-13-21(11-12-22(16)35-25(2,3)24(32)33)34-15-23(31)30-20-9-7-17(8-10-20)18-5-4-6-19(14-18)26(27,28)29/h4-14H,15H2,1-3H3,(H,30,31)(H,32,33). The lowest BCUT2D eigenvalue weighted by Crippen LogP contribution is -2.38. The highest BCUT2D eigenvalue weighted by atomic mass is 19.4. The highest BCUT2D eigenvalue weighted by molar-refractivity contribution is 5.92. The van der Waals surface area contributed by atoms with Gasteiger partial charge in [0.05, 0.1) is 5.56 Å². The van der Waals surface area contributed by atoms with Crippen LogP contribution in [0.15, 0.2) is 66.7 Å². The molecule has 1 amide bonds. The summed E-state index contributed by atoms with van der Waals surface area (Å²) in [7, 11) is 0. The van der Waals surface area contributed by atoms with E-state index in [1.807, 2.05) is 0 Å². The van der Waals surface area contributed by atoms with Gasteiger partial charge in [0, 0.05) is 5.69 Å². The lowest BCUT2D eigenvalue weighted by atomic mass is 10.0. The zero-order valence-corrected chi connectivity index (χ0v) is 19.3. The molecule has 35 heavy (non-hydrogen) atoms. The number of halogens is 3. The van der Waals surface area contributed by atoms with Crippen molar-refractivity contribution in [3.63, 3.8) is 0 Å². The van der Waals surface area contributed by atoms with Crippen LogP contribution in [0.3, 0.4) is 0 Å². The maximum Gasteiger partial charge on any atom is 0.416 e. The molecule has 2 N–H and O–H groups in total. The summed E-state index contributed by atoms with van der Waals surface area (Å²) < 4.78 is 49.8. The second kappa shape index (κ2) is 10.1.